The van der Waals surface area contributed by atoms with Crippen LogP contribution in [0.4, 0.5) is 10.1 Å². The number of rotatable bonds is 5. The molecule has 0 aliphatic heterocycles. The van der Waals surface area contributed by atoms with Gasteiger partial charge in [-0.05, 0) is 25.1 Å². The standard InChI is InChI=1S/C23H18FNO2/c1-15-10-12-16(13-11-15)22(26)23-21(18-7-3-5-9-20(18)27-23)25-14-17-6-2-4-8-19(17)24/h2-13,25H,14H2,1H3. The quantitative estimate of drug-likeness (QED) is 0.463. The highest BCUT2D eigenvalue weighted by atomic mass is 19.1. The second-order valence-corrected chi connectivity index (χ2v) is 6.44. The third kappa shape index (κ3) is 3.34. The molecule has 3 aromatic carbocycles. The highest BCUT2D eigenvalue weighted by molar-refractivity contribution is 6.14. The Morgan fingerprint density at radius 1 is 0.963 bits per heavy atom. The first-order valence-corrected chi connectivity index (χ1v) is 8.73. The van der Waals surface area contributed by atoms with Crippen LogP contribution in [0.15, 0.2) is 77.2 Å². The first-order chi connectivity index (χ1) is 13.1. The van der Waals surface area contributed by atoms with Crippen LogP contribution in [0.1, 0.15) is 27.2 Å². The predicted octanol–water partition coefficient (Wildman–Crippen LogP) is 5.72. The van der Waals surface area contributed by atoms with Crippen molar-refractivity contribution in [1.29, 1.82) is 0 Å². The van der Waals surface area contributed by atoms with Crippen molar-refractivity contribution in [2.45, 2.75) is 13.5 Å². The summed E-state index contributed by atoms with van der Waals surface area (Å²) in [6, 6.07) is 21.4. The van der Waals surface area contributed by atoms with E-state index < -0.39 is 0 Å². The molecule has 0 atom stereocenters. The number of furan rings is 1. The van der Waals surface area contributed by atoms with E-state index in [1.54, 1.807) is 30.3 Å². The van der Waals surface area contributed by atoms with Crippen molar-refractivity contribution in [3.05, 3.63) is 101 Å². The van der Waals surface area contributed by atoms with Crippen molar-refractivity contribution in [1.82, 2.24) is 0 Å². The molecule has 0 aliphatic carbocycles. The smallest absolute Gasteiger partial charge is 0.230 e. The van der Waals surface area contributed by atoms with Gasteiger partial charge in [-0.1, -0.05) is 60.2 Å². The van der Waals surface area contributed by atoms with Crippen molar-refractivity contribution in [3.8, 4) is 0 Å². The molecule has 0 amide bonds. The van der Waals surface area contributed by atoms with Gasteiger partial charge >= 0.3 is 0 Å². The van der Waals surface area contributed by atoms with Gasteiger partial charge in [0, 0.05) is 23.1 Å². The minimum absolute atomic E-state index is 0.206. The lowest BCUT2D eigenvalue weighted by atomic mass is 10.1. The van der Waals surface area contributed by atoms with Gasteiger partial charge in [-0.3, -0.25) is 4.79 Å². The van der Waals surface area contributed by atoms with Crippen molar-refractivity contribution in [2.24, 2.45) is 0 Å². The molecule has 0 spiro atoms. The van der Waals surface area contributed by atoms with E-state index >= 15 is 0 Å². The lowest BCUT2D eigenvalue weighted by molar-refractivity contribution is 0.101. The van der Waals surface area contributed by atoms with Crippen LogP contribution >= 0.6 is 0 Å². The molecular formula is C23H18FNO2. The number of nitrogens with one attached hydrogen (secondary N) is 1. The molecule has 0 radical (unpaired) electrons. The van der Waals surface area contributed by atoms with Crippen LogP contribution in [0.25, 0.3) is 11.0 Å². The van der Waals surface area contributed by atoms with Gasteiger partial charge in [0.2, 0.25) is 5.78 Å². The molecule has 4 rings (SSSR count). The minimum Gasteiger partial charge on any atom is -0.450 e. The molecule has 0 bridgehead atoms. The summed E-state index contributed by atoms with van der Waals surface area (Å²) >= 11 is 0. The summed E-state index contributed by atoms with van der Waals surface area (Å²) in [6.07, 6.45) is 0. The molecule has 0 unspecified atom stereocenters. The molecule has 0 fully saturated rings. The first kappa shape index (κ1) is 17.0. The average Bonchev–Trinajstić information content (AvgIpc) is 3.06. The topological polar surface area (TPSA) is 42.2 Å². The number of aryl methyl sites for hydroxylation is 1. The summed E-state index contributed by atoms with van der Waals surface area (Å²) < 4.78 is 19.8. The van der Waals surface area contributed by atoms with Gasteiger partial charge in [-0.25, -0.2) is 4.39 Å². The maximum absolute atomic E-state index is 14.0. The van der Waals surface area contributed by atoms with Crippen molar-refractivity contribution in [2.75, 3.05) is 5.32 Å². The molecule has 134 valence electrons. The van der Waals surface area contributed by atoms with Gasteiger partial charge in [0.1, 0.15) is 11.4 Å². The average molecular weight is 359 g/mol. The normalized spacial score (nSPS) is 10.9. The Morgan fingerprint density at radius 3 is 2.44 bits per heavy atom. The maximum Gasteiger partial charge on any atom is 0.230 e. The number of fused-ring (bicyclic) bond motifs is 1. The third-order valence-corrected chi connectivity index (χ3v) is 4.53. The Morgan fingerprint density at radius 2 is 1.67 bits per heavy atom. The Hall–Kier alpha value is -3.40. The van der Waals surface area contributed by atoms with E-state index in [4.69, 9.17) is 4.42 Å². The Labute approximate surface area is 156 Å². The molecule has 3 nitrogen and oxygen atoms in total. The van der Waals surface area contributed by atoms with Gasteiger partial charge in [0.05, 0.1) is 5.69 Å². The molecule has 0 saturated heterocycles. The Balaban J connectivity index is 1.74. The van der Waals surface area contributed by atoms with Crippen LogP contribution in [0, 0.1) is 12.7 Å². The maximum atomic E-state index is 14.0. The number of carbonyl (C=O) groups is 1. The van der Waals surface area contributed by atoms with E-state index in [-0.39, 0.29) is 23.9 Å². The molecular weight excluding hydrogens is 341 g/mol. The van der Waals surface area contributed by atoms with E-state index in [0.29, 0.717) is 22.4 Å². The first-order valence-electron chi connectivity index (χ1n) is 8.73. The number of hydrogen-bond donors (Lipinski definition) is 1. The number of benzene rings is 3. The number of carbonyl (C=O) groups excluding carboxylic acids is 1. The van der Waals surface area contributed by atoms with Gasteiger partial charge in [0.25, 0.3) is 0 Å². The summed E-state index contributed by atoms with van der Waals surface area (Å²) in [7, 11) is 0. The number of halogens is 1. The molecule has 4 aromatic rings. The van der Waals surface area contributed by atoms with Crippen LogP contribution in [-0.2, 0) is 6.54 Å². The van der Waals surface area contributed by atoms with Crippen molar-refractivity contribution in [3.63, 3.8) is 0 Å². The highest BCUT2D eigenvalue weighted by Gasteiger charge is 2.22. The van der Waals surface area contributed by atoms with E-state index in [0.717, 1.165) is 10.9 Å². The summed E-state index contributed by atoms with van der Waals surface area (Å²) in [4.78, 5) is 13.0. The monoisotopic (exact) mass is 359 g/mol. The van der Waals surface area contributed by atoms with E-state index in [1.165, 1.54) is 6.07 Å². The van der Waals surface area contributed by atoms with Crippen LogP contribution in [0.5, 0.6) is 0 Å². The summed E-state index contributed by atoms with van der Waals surface area (Å²) in [6.45, 7) is 2.22. The lowest BCUT2D eigenvalue weighted by Gasteiger charge is -2.08. The third-order valence-electron chi connectivity index (χ3n) is 4.53. The van der Waals surface area contributed by atoms with E-state index in [9.17, 15) is 9.18 Å². The van der Waals surface area contributed by atoms with Gasteiger partial charge in [-0.15, -0.1) is 0 Å². The van der Waals surface area contributed by atoms with Crippen molar-refractivity contribution >= 4 is 22.4 Å². The van der Waals surface area contributed by atoms with E-state index in [1.807, 2.05) is 43.3 Å². The Kier molecular flexibility index (Phi) is 4.47. The molecule has 27 heavy (non-hydrogen) atoms. The second-order valence-electron chi connectivity index (χ2n) is 6.44. The predicted molar refractivity (Wildman–Crippen MR) is 105 cm³/mol. The van der Waals surface area contributed by atoms with E-state index in [2.05, 4.69) is 5.32 Å². The number of para-hydroxylation sites is 1. The largest absolute Gasteiger partial charge is 0.450 e. The molecule has 0 aliphatic rings. The number of hydrogen-bond acceptors (Lipinski definition) is 3. The molecule has 0 saturated carbocycles. The summed E-state index contributed by atoms with van der Waals surface area (Å²) in [5, 5.41) is 4.00. The van der Waals surface area contributed by atoms with Crippen LogP contribution in [0.3, 0.4) is 0 Å². The zero-order valence-corrected chi connectivity index (χ0v) is 14.8. The fourth-order valence-electron chi connectivity index (χ4n) is 3.04. The SMILES string of the molecule is Cc1ccc(C(=O)c2oc3ccccc3c2NCc2ccccc2F)cc1. The van der Waals surface area contributed by atoms with Gasteiger partial charge < -0.3 is 9.73 Å². The molecule has 4 heteroatoms. The fraction of sp³-hybridized carbons (Fsp3) is 0.0870. The number of ketones is 1. The summed E-state index contributed by atoms with van der Waals surface area (Å²) in [5.41, 5.74) is 3.35. The molecule has 1 heterocycles. The number of anilines is 1. The zero-order chi connectivity index (χ0) is 18.8. The molecule has 1 aromatic heterocycles. The summed E-state index contributed by atoms with van der Waals surface area (Å²) in [5.74, 6) is -0.261. The van der Waals surface area contributed by atoms with Crippen LogP contribution < -0.4 is 5.32 Å². The highest BCUT2D eigenvalue weighted by Crippen LogP contribution is 2.33. The van der Waals surface area contributed by atoms with Gasteiger partial charge in [-0.2, -0.15) is 0 Å². The fourth-order valence-corrected chi connectivity index (χ4v) is 3.04. The Bertz CT molecular complexity index is 1110. The zero-order valence-electron chi connectivity index (χ0n) is 14.8. The van der Waals surface area contributed by atoms with Crippen LogP contribution in [-0.4, -0.2) is 5.78 Å². The second kappa shape index (κ2) is 7.08. The minimum atomic E-state index is -0.288. The van der Waals surface area contributed by atoms with Crippen LogP contribution in [0.2, 0.25) is 0 Å². The lowest BCUT2D eigenvalue weighted by Crippen LogP contribution is -2.07. The van der Waals surface area contributed by atoms with Crippen molar-refractivity contribution < 1.29 is 13.6 Å². The van der Waals surface area contributed by atoms with Gasteiger partial charge in [0.15, 0.2) is 5.76 Å². The molecule has 1 N–H and O–H groups in total.